The minimum absolute atomic E-state index is 0.154. The molecule has 1 aromatic heterocycles. The zero-order valence-electron chi connectivity index (χ0n) is 15.1. The van der Waals surface area contributed by atoms with Crippen molar-refractivity contribution >= 4 is 18.6 Å². The van der Waals surface area contributed by atoms with Gasteiger partial charge in [0.2, 0.25) is 0 Å². The lowest BCUT2D eigenvalue weighted by molar-refractivity contribution is -0.153. The number of rotatable bonds is 3. The molecule has 0 aromatic carbocycles. The van der Waals surface area contributed by atoms with E-state index in [1.807, 2.05) is 60.6 Å². The molecule has 1 aliphatic heterocycles. The second-order valence-electron chi connectivity index (χ2n) is 7.93. The van der Waals surface area contributed by atoms with Crippen LogP contribution >= 0.6 is 0 Å². The lowest BCUT2D eigenvalue weighted by Gasteiger charge is -2.32. The van der Waals surface area contributed by atoms with E-state index in [1.54, 1.807) is 6.20 Å². The molecular formula is C17H26BNO4. The number of esters is 1. The molecule has 0 atom stereocenters. The van der Waals surface area contributed by atoms with Crippen LogP contribution in [0.2, 0.25) is 0 Å². The summed E-state index contributed by atoms with van der Waals surface area (Å²) in [6.45, 7) is 13.6. The molecule has 23 heavy (non-hydrogen) atoms. The minimum atomic E-state index is -0.486. The van der Waals surface area contributed by atoms with Crippen LogP contribution in [0.4, 0.5) is 0 Å². The second kappa shape index (κ2) is 5.91. The summed E-state index contributed by atoms with van der Waals surface area (Å²) in [4.78, 5) is 16.2. The van der Waals surface area contributed by atoms with E-state index in [0.29, 0.717) is 5.69 Å². The van der Waals surface area contributed by atoms with Gasteiger partial charge in [-0.25, -0.2) is 0 Å². The highest BCUT2D eigenvalue weighted by molar-refractivity contribution is 6.62. The van der Waals surface area contributed by atoms with Crippen molar-refractivity contribution in [2.45, 2.75) is 71.7 Å². The predicted molar refractivity (Wildman–Crippen MR) is 89.5 cm³/mol. The zero-order valence-corrected chi connectivity index (χ0v) is 15.1. The van der Waals surface area contributed by atoms with E-state index in [0.717, 1.165) is 5.46 Å². The van der Waals surface area contributed by atoms with Gasteiger partial charge in [0.1, 0.15) is 5.60 Å². The van der Waals surface area contributed by atoms with E-state index in [4.69, 9.17) is 14.0 Å². The lowest BCUT2D eigenvalue weighted by atomic mass is 9.80. The molecule has 0 spiro atoms. The van der Waals surface area contributed by atoms with Crippen molar-refractivity contribution in [3.05, 3.63) is 24.0 Å². The summed E-state index contributed by atoms with van der Waals surface area (Å²) in [7, 11) is -0.442. The smallest absolute Gasteiger partial charge is 0.460 e. The first-order valence-corrected chi connectivity index (χ1v) is 7.92. The number of aromatic nitrogens is 1. The number of carbonyl (C=O) groups is 1. The predicted octanol–water partition coefficient (Wildman–Crippen LogP) is 2.27. The van der Waals surface area contributed by atoms with Gasteiger partial charge in [-0.1, -0.05) is 6.07 Å². The highest BCUT2D eigenvalue weighted by atomic mass is 16.7. The van der Waals surface area contributed by atoms with Gasteiger partial charge in [0.15, 0.2) is 0 Å². The van der Waals surface area contributed by atoms with Gasteiger partial charge in [-0.05, 0) is 54.5 Å². The fourth-order valence-corrected chi connectivity index (χ4v) is 2.18. The molecule has 5 nitrogen and oxygen atoms in total. The Hall–Kier alpha value is -1.40. The highest BCUT2D eigenvalue weighted by Gasteiger charge is 2.51. The standard InChI is InChI=1S/C17H26BNO4/c1-15(2,3)21-14(20)10-13-9-8-12(11-19-13)18-22-16(4,5)17(6,7)23-18/h8-9,11H,10H2,1-7H3. The van der Waals surface area contributed by atoms with Crippen LogP contribution in [0.5, 0.6) is 0 Å². The van der Waals surface area contributed by atoms with E-state index in [9.17, 15) is 4.79 Å². The van der Waals surface area contributed by atoms with Gasteiger partial charge in [-0.2, -0.15) is 0 Å². The van der Waals surface area contributed by atoms with Crippen LogP contribution in [0.25, 0.3) is 0 Å². The molecule has 1 fully saturated rings. The highest BCUT2D eigenvalue weighted by Crippen LogP contribution is 2.36. The van der Waals surface area contributed by atoms with E-state index in [1.165, 1.54) is 0 Å². The maximum Gasteiger partial charge on any atom is 0.496 e. The van der Waals surface area contributed by atoms with Gasteiger partial charge in [0, 0.05) is 11.7 Å². The average Bonchev–Trinajstić information content (AvgIpc) is 2.56. The Morgan fingerprint density at radius 1 is 1.17 bits per heavy atom. The maximum absolute atomic E-state index is 11.8. The van der Waals surface area contributed by atoms with Crippen molar-refractivity contribution < 1.29 is 18.8 Å². The molecule has 0 aliphatic carbocycles. The summed E-state index contributed by atoms with van der Waals surface area (Å²) in [5.41, 5.74) is 0.260. The first kappa shape index (κ1) is 18.0. The average molecular weight is 319 g/mol. The van der Waals surface area contributed by atoms with E-state index in [-0.39, 0.29) is 23.6 Å². The number of hydrogen-bond donors (Lipinski definition) is 0. The maximum atomic E-state index is 11.8. The Bertz CT molecular complexity index is 559. The van der Waals surface area contributed by atoms with E-state index < -0.39 is 12.7 Å². The summed E-state index contributed by atoms with van der Waals surface area (Å²) < 4.78 is 17.3. The van der Waals surface area contributed by atoms with Gasteiger partial charge in [-0.15, -0.1) is 0 Å². The van der Waals surface area contributed by atoms with Crippen molar-refractivity contribution in [3.63, 3.8) is 0 Å². The summed E-state index contributed by atoms with van der Waals surface area (Å²) in [5.74, 6) is -0.284. The topological polar surface area (TPSA) is 57.7 Å². The van der Waals surface area contributed by atoms with E-state index in [2.05, 4.69) is 4.98 Å². The minimum Gasteiger partial charge on any atom is -0.460 e. The van der Waals surface area contributed by atoms with Gasteiger partial charge < -0.3 is 14.0 Å². The molecule has 0 bridgehead atoms. The molecule has 0 unspecified atom stereocenters. The first-order valence-electron chi connectivity index (χ1n) is 7.92. The molecule has 0 radical (unpaired) electrons. The molecule has 0 saturated carbocycles. The summed E-state index contributed by atoms with van der Waals surface area (Å²) in [6.07, 6.45) is 1.85. The Balaban J connectivity index is 2.02. The molecule has 0 N–H and O–H groups in total. The molecule has 1 aliphatic rings. The number of hydrogen-bond acceptors (Lipinski definition) is 5. The Kier molecular flexibility index (Phi) is 4.61. The third kappa shape index (κ3) is 4.33. The van der Waals surface area contributed by atoms with Crippen molar-refractivity contribution in [1.82, 2.24) is 4.98 Å². The number of ether oxygens (including phenoxy) is 1. The first-order chi connectivity index (χ1) is 10.4. The summed E-state index contributed by atoms with van der Waals surface area (Å²) in [6, 6.07) is 3.69. The fraction of sp³-hybridized carbons (Fsp3) is 0.647. The van der Waals surface area contributed by atoms with Crippen LogP contribution in [0, 0.1) is 0 Å². The second-order valence-corrected chi connectivity index (χ2v) is 7.93. The molecule has 2 heterocycles. The van der Waals surface area contributed by atoms with Crippen LogP contribution in [-0.4, -0.2) is 34.9 Å². The molecular weight excluding hydrogens is 293 g/mol. The van der Waals surface area contributed by atoms with Crippen LogP contribution in [0.15, 0.2) is 18.3 Å². The number of nitrogens with zero attached hydrogens (tertiary/aromatic N) is 1. The molecule has 1 saturated heterocycles. The quantitative estimate of drug-likeness (QED) is 0.632. The van der Waals surface area contributed by atoms with Crippen molar-refractivity contribution in [2.24, 2.45) is 0 Å². The summed E-state index contributed by atoms with van der Waals surface area (Å²) >= 11 is 0. The Morgan fingerprint density at radius 2 is 1.74 bits per heavy atom. The van der Waals surface area contributed by atoms with Crippen LogP contribution in [0.3, 0.4) is 0 Å². The number of carbonyl (C=O) groups excluding carboxylic acids is 1. The molecule has 6 heteroatoms. The molecule has 126 valence electrons. The SMILES string of the molecule is CC(C)(C)OC(=O)Cc1ccc(B2OC(C)(C)C(C)(C)O2)cn1. The largest absolute Gasteiger partial charge is 0.496 e. The third-order valence-electron chi connectivity index (χ3n) is 4.12. The Morgan fingerprint density at radius 3 is 2.17 bits per heavy atom. The van der Waals surface area contributed by atoms with E-state index >= 15 is 0 Å². The number of pyridine rings is 1. The van der Waals surface area contributed by atoms with Crippen LogP contribution in [-0.2, 0) is 25.3 Å². The molecule has 0 amide bonds. The van der Waals surface area contributed by atoms with Crippen molar-refractivity contribution in [3.8, 4) is 0 Å². The third-order valence-corrected chi connectivity index (χ3v) is 4.12. The molecule has 2 rings (SSSR count). The molecule has 1 aromatic rings. The monoisotopic (exact) mass is 319 g/mol. The van der Waals surface area contributed by atoms with Gasteiger partial charge in [0.25, 0.3) is 0 Å². The van der Waals surface area contributed by atoms with Gasteiger partial charge in [-0.3, -0.25) is 9.78 Å². The zero-order chi connectivity index (χ0) is 17.5. The van der Waals surface area contributed by atoms with Crippen molar-refractivity contribution in [2.75, 3.05) is 0 Å². The van der Waals surface area contributed by atoms with Crippen LogP contribution < -0.4 is 5.46 Å². The normalized spacial score (nSPS) is 19.7. The van der Waals surface area contributed by atoms with Gasteiger partial charge in [0.05, 0.1) is 23.3 Å². The fourth-order valence-electron chi connectivity index (χ4n) is 2.18. The Labute approximate surface area is 138 Å². The lowest BCUT2D eigenvalue weighted by Crippen LogP contribution is -2.41. The van der Waals surface area contributed by atoms with Crippen LogP contribution in [0.1, 0.15) is 54.2 Å². The van der Waals surface area contributed by atoms with Gasteiger partial charge >= 0.3 is 13.1 Å². The summed E-state index contributed by atoms with van der Waals surface area (Å²) in [5, 5.41) is 0. The van der Waals surface area contributed by atoms with Crippen molar-refractivity contribution in [1.29, 1.82) is 0 Å².